The fraction of sp³-hybridized carbons (Fsp3) is 0.875. The van der Waals surface area contributed by atoms with Gasteiger partial charge in [-0.15, -0.1) is 0 Å². The van der Waals surface area contributed by atoms with Crippen molar-refractivity contribution in [2.24, 2.45) is 5.41 Å². The molecule has 21 heavy (non-hydrogen) atoms. The minimum Gasteiger partial charge on any atom is -0.513 e. The van der Waals surface area contributed by atoms with Crippen LogP contribution in [0, 0.1) is 5.41 Å². The van der Waals surface area contributed by atoms with E-state index in [-0.39, 0.29) is 5.41 Å². The number of hydrogen-bond donors (Lipinski definition) is 1. The third-order valence-electron chi connectivity index (χ3n) is 3.65. The molecule has 0 bridgehead atoms. The van der Waals surface area contributed by atoms with Crippen LogP contribution < -0.4 is 0 Å². The fourth-order valence-corrected chi connectivity index (χ4v) is 2.34. The van der Waals surface area contributed by atoms with Gasteiger partial charge in [0.15, 0.2) is 0 Å². The Morgan fingerprint density at radius 2 is 1.48 bits per heavy atom. The van der Waals surface area contributed by atoms with Gasteiger partial charge in [0.2, 0.25) is 0 Å². The number of hydrogen-bond acceptors (Lipinski definition) is 5. The first-order valence-electron chi connectivity index (χ1n) is 7.91. The van der Waals surface area contributed by atoms with Crippen LogP contribution >= 0.6 is 0 Å². The fourth-order valence-electron chi connectivity index (χ4n) is 2.34. The summed E-state index contributed by atoms with van der Waals surface area (Å²) >= 11 is 0. The second-order valence-electron chi connectivity index (χ2n) is 5.40. The Hall–Kier alpha value is -0.620. The largest absolute Gasteiger partial charge is 0.513 e. The Kier molecular flexibility index (Phi) is 9.67. The predicted molar refractivity (Wildman–Crippen MR) is 81.6 cm³/mol. The van der Waals surface area contributed by atoms with Crippen LogP contribution in [-0.4, -0.2) is 58.0 Å². The van der Waals surface area contributed by atoms with Crippen LogP contribution in [0.2, 0.25) is 0 Å². The van der Waals surface area contributed by atoms with Crippen molar-refractivity contribution < 1.29 is 24.1 Å². The number of rotatable bonds is 12. The summed E-state index contributed by atoms with van der Waals surface area (Å²) in [4.78, 5) is 0. The van der Waals surface area contributed by atoms with Gasteiger partial charge in [-0.3, -0.25) is 0 Å². The van der Waals surface area contributed by atoms with E-state index >= 15 is 0 Å². The van der Waals surface area contributed by atoms with Crippen LogP contribution in [0.1, 0.15) is 33.1 Å². The highest BCUT2D eigenvalue weighted by molar-refractivity contribution is 5.03. The highest BCUT2D eigenvalue weighted by Crippen LogP contribution is 2.35. The van der Waals surface area contributed by atoms with Crippen molar-refractivity contribution in [3.05, 3.63) is 11.8 Å². The molecule has 0 aromatic rings. The lowest BCUT2D eigenvalue weighted by molar-refractivity contribution is -0.0516. The van der Waals surface area contributed by atoms with Gasteiger partial charge in [0.05, 0.1) is 45.4 Å². The number of aliphatic hydroxyl groups excluding tert-OH is 1. The zero-order valence-corrected chi connectivity index (χ0v) is 13.4. The molecule has 0 unspecified atom stereocenters. The summed E-state index contributed by atoms with van der Waals surface area (Å²) in [5.41, 5.74) is -0.0370. The minimum atomic E-state index is -0.0370. The lowest BCUT2D eigenvalue weighted by Gasteiger charge is -2.35. The molecule has 124 valence electrons. The Morgan fingerprint density at radius 3 is 1.90 bits per heavy atom. The van der Waals surface area contributed by atoms with Gasteiger partial charge in [-0.1, -0.05) is 0 Å². The van der Waals surface area contributed by atoms with Crippen LogP contribution in [0.4, 0.5) is 0 Å². The van der Waals surface area contributed by atoms with Gasteiger partial charge in [0.1, 0.15) is 0 Å². The highest BCUT2D eigenvalue weighted by Gasteiger charge is 2.32. The Balaban J connectivity index is 2.32. The summed E-state index contributed by atoms with van der Waals surface area (Å²) in [5, 5.41) is 9.56. The number of aliphatic hydroxyl groups is 1. The van der Waals surface area contributed by atoms with E-state index in [0.717, 1.165) is 12.8 Å². The molecule has 1 aliphatic carbocycles. The lowest BCUT2D eigenvalue weighted by atomic mass is 9.78. The van der Waals surface area contributed by atoms with Crippen molar-refractivity contribution in [2.45, 2.75) is 33.1 Å². The van der Waals surface area contributed by atoms with Crippen LogP contribution in [0.3, 0.4) is 0 Å². The summed E-state index contributed by atoms with van der Waals surface area (Å²) < 4.78 is 22.0. The average molecular weight is 302 g/mol. The summed E-state index contributed by atoms with van der Waals surface area (Å²) in [6, 6.07) is 0. The van der Waals surface area contributed by atoms with Crippen LogP contribution in [0.5, 0.6) is 0 Å². The van der Waals surface area contributed by atoms with E-state index in [2.05, 4.69) is 0 Å². The molecule has 1 N–H and O–H groups in total. The maximum absolute atomic E-state index is 9.56. The molecule has 0 saturated carbocycles. The summed E-state index contributed by atoms with van der Waals surface area (Å²) in [7, 11) is 0. The molecule has 0 aromatic carbocycles. The molecule has 0 aliphatic heterocycles. The number of allylic oxidation sites excluding steroid dienone is 2. The van der Waals surface area contributed by atoms with Crippen molar-refractivity contribution >= 4 is 0 Å². The van der Waals surface area contributed by atoms with Crippen molar-refractivity contribution in [3.8, 4) is 0 Å². The molecule has 0 fully saturated rings. The topological polar surface area (TPSA) is 57.2 Å². The van der Waals surface area contributed by atoms with Gasteiger partial charge in [-0.05, 0) is 32.8 Å². The quantitative estimate of drug-likeness (QED) is 0.562. The molecular formula is C16H30O5. The molecule has 0 heterocycles. The minimum absolute atomic E-state index is 0.0370. The summed E-state index contributed by atoms with van der Waals surface area (Å²) in [5.74, 6) is 0.481. The molecule has 0 atom stereocenters. The van der Waals surface area contributed by atoms with Crippen LogP contribution in [0.15, 0.2) is 11.8 Å². The van der Waals surface area contributed by atoms with Crippen molar-refractivity contribution in [3.63, 3.8) is 0 Å². The second kappa shape index (κ2) is 11.0. The van der Waals surface area contributed by atoms with Crippen LogP contribution in [0.25, 0.3) is 0 Å². The van der Waals surface area contributed by atoms with Gasteiger partial charge >= 0.3 is 0 Å². The van der Waals surface area contributed by atoms with Gasteiger partial charge in [-0.25, -0.2) is 0 Å². The van der Waals surface area contributed by atoms with Crippen molar-refractivity contribution in [2.75, 3.05) is 52.9 Å². The Bertz CT molecular complexity index is 276. The Morgan fingerprint density at radius 1 is 0.952 bits per heavy atom. The predicted octanol–water partition coefficient (Wildman–Crippen LogP) is 2.70. The van der Waals surface area contributed by atoms with Crippen molar-refractivity contribution in [1.82, 2.24) is 0 Å². The van der Waals surface area contributed by atoms with Gasteiger partial charge in [0, 0.05) is 25.0 Å². The molecule has 0 spiro atoms. The zero-order valence-electron chi connectivity index (χ0n) is 13.4. The average Bonchev–Trinajstić information content (AvgIpc) is 2.50. The maximum atomic E-state index is 9.56. The zero-order chi connectivity index (χ0) is 15.4. The molecule has 1 aliphatic rings. The third kappa shape index (κ3) is 7.81. The van der Waals surface area contributed by atoms with Gasteiger partial charge in [-0.2, -0.15) is 0 Å². The molecule has 0 aromatic heterocycles. The second-order valence-corrected chi connectivity index (χ2v) is 5.40. The van der Waals surface area contributed by atoms with E-state index in [1.54, 1.807) is 0 Å². The molecule has 1 rings (SSSR count). The molecular weight excluding hydrogens is 272 g/mol. The molecule has 0 radical (unpaired) electrons. The molecule has 5 heteroatoms. The standard InChI is InChI=1S/C16H30O5/c1-3-18-9-11-20-13-16(7-5-15(17)6-8-16)14-21-12-10-19-4-2/h5,17H,3-4,6-14H2,1-2H3. The summed E-state index contributed by atoms with van der Waals surface area (Å²) in [6.07, 6.45) is 4.27. The Labute approximate surface area is 128 Å². The number of ether oxygens (including phenoxy) is 4. The first-order chi connectivity index (χ1) is 10.2. The van der Waals surface area contributed by atoms with E-state index in [4.69, 9.17) is 18.9 Å². The van der Waals surface area contributed by atoms with E-state index in [0.29, 0.717) is 65.0 Å². The molecule has 0 saturated heterocycles. The monoisotopic (exact) mass is 302 g/mol. The lowest BCUT2D eigenvalue weighted by Crippen LogP contribution is -2.35. The molecule has 0 amide bonds. The highest BCUT2D eigenvalue weighted by atomic mass is 16.5. The molecule has 5 nitrogen and oxygen atoms in total. The summed E-state index contributed by atoms with van der Waals surface area (Å²) in [6.45, 7) is 9.10. The smallest absolute Gasteiger partial charge is 0.0883 e. The van der Waals surface area contributed by atoms with Gasteiger partial charge in [0.25, 0.3) is 0 Å². The SMILES string of the molecule is CCOCCOCC1(COCCOCC)CC=C(O)CC1. The third-order valence-corrected chi connectivity index (χ3v) is 3.65. The van der Waals surface area contributed by atoms with E-state index in [1.165, 1.54) is 0 Å². The van der Waals surface area contributed by atoms with E-state index in [1.807, 2.05) is 19.9 Å². The normalized spacial score (nSPS) is 17.7. The van der Waals surface area contributed by atoms with Gasteiger partial charge < -0.3 is 24.1 Å². The first-order valence-corrected chi connectivity index (χ1v) is 7.91. The first kappa shape index (κ1) is 18.4. The van der Waals surface area contributed by atoms with Crippen LogP contribution in [-0.2, 0) is 18.9 Å². The van der Waals surface area contributed by atoms with E-state index in [9.17, 15) is 5.11 Å². The van der Waals surface area contributed by atoms with E-state index < -0.39 is 0 Å². The maximum Gasteiger partial charge on any atom is 0.0883 e. The van der Waals surface area contributed by atoms with Crippen molar-refractivity contribution in [1.29, 1.82) is 0 Å².